The summed E-state index contributed by atoms with van der Waals surface area (Å²) in [5.41, 5.74) is 1.18. The number of rotatable bonds is 25. The largest absolute Gasteiger partial charge is 0.411 e. The Labute approximate surface area is 295 Å². The predicted molar refractivity (Wildman–Crippen MR) is 210 cm³/mol. The molecule has 1 rings (SSSR count). The molecule has 0 saturated heterocycles. The van der Waals surface area contributed by atoms with Crippen LogP contribution >= 0.6 is 0 Å². The standard InChI is InChI=1S/C39H76O5Si3/c1-15-39(43-45(13,14)38(10,11)12,44-47(19-5,20-6)21-7)34(9)28-30-36(40)29-27-33(8)37(42-46(16-2,17-3)18-4)32-41-31-35-25-23-22-24-26-35/h22-26,33-34,37H,15-21,27-32H2,1-14H3/t33-,34-,37-,39-/m0/s1. The van der Waals surface area contributed by atoms with E-state index in [4.69, 9.17) is 18.0 Å². The van der Waals surface area contributed by atoms with Crippen molar-refractivity contribution in [3.63, 3.8) is 0 Å². The molecule has 4 atom stereocenters. The fourth-order valence-corrected chi connectivity index (χ4v) is 14.1. The summed E-state index contributed by atoms with van der Waals surface area (Å²) in [6.07, 6.45) is 3.56. The van der Waals surface area contributed by atoms with Crippen molar-refractivity contribution < 1.29 is 22.8 Å². The van der Waals surface area contributed by atoms with Crippen LogP contribution in [0.3, 0.4) is 0 Å². The molecule has 0 heterocycles. The van der Waals surface area contributed by atoms with Gasteiger partial charge in [-0.3, -0.25) is 4.79 Å². The third-order valence-corrected chi connectivity index (χ3v) is 25.7. The molecule has 0 fully saturated rings. The van der Waals surface area contributed by atoms with Gasteiger partial charge in [-0.05, 0) is 85.1 Å². The molecular weight excluding hydrogens is 633 g/mol. The molecule has 0 saturated carbocycles. The van der Waals surface area contributed by atoms with Gasteiger partial charge in [-0.25, -0.2) is 0 Å². The summed E-state index contributed by atoms with van der Waals surface area (Å²) in [4.78, 5) is 13.5. The van der Waals surface area contributed by atoms with Crippen molar-refractivity contribution in [2.75, 3.05) is 6.61 Å². The van der Waals surface area contributed by atoms with Gasteiger partial charge in [0.25, 0.3) is 0 Å². The fourth-order valence-electron chi connectivity index (χ4n) is 6.43. The topological polar surface area (TPSA) is 54.0 Å². The molecule has 0 N–H and O–H groups in total. The second-order valence-electron chi connectivity index (χ2n) is 15.8. The monoisotopic (exact) mass is 709 g/mol. The molecule has 0 bridgehead atoms. The maximum Gasteiger partial charge on any atom is 0.195 e. The highest BCUT2D eigenvalue weighted by atomic mass is 28.4. The summed E-state index contributed by atoms with van der Waals surface area (Å²) >= 11 is 0. The van der Waals surface area contributed by atoms with Gasteiger partial charge in [0.1, 0.15) is 5.78 Å². The van der Waals surface area contributed by atoms with Crippen molar-refractivity contribution >= 4 is 30.7 Å². The zero-order valence-electron chi connectivity index (χ0n) is 33.4. The molecule has 0 spiro atoms. The van der Waals surface area contributed by atoms with Crippen LogP contribution in [0.2, 0.25) is 54.4 Å². The van der Waals surface area contributed by atoms with E-state index in [0.717, 1.165) is 55.5 Å². The Balaban J connectivity index is 3.05. The van der Waals surface area contributed by atoms with Crippen molar-refractivity contribution in [2.24, 2.45) is 11.8 Å². The van der Waals surface area contributed by atoms with E-state index < -0.39 is 30.7 Å². The maximum atomic E-state index is 13.5. The van der Waals surface area contributed by atoms with Gasteiger partial charge in [0.15, 0.2) is 30.7 Å². The van der Waals surface area contributed by atoms with E-state index in [9.17, 15) is 4.79 Å². The van der Waals surface area contributed by atoms with E-state index in [1.165, 1.54) is 5.56 Å². The Bertz CT molecular complexity index is 981. The van der Waals surface area contributed by atoms with Gasteiger partial charge in [-0.2, -0.15) is 0 Å². The minimum absolute atomic E-state index is 0.00583. The number of benzene rings is 1. The van der Waals surface area contributed by atoms with E-state index in [0.29, 0.717) is 31.8 Å². The Kier molecular flexibility index (Phi) is 19.2. The smallest absolute Gasteiger partial charge is 0.195 e. The first-order valence-corrected chi connectivity index (χ1v) is 27.2. The number of carbonyl (C=O) groups is 1. The van der Waals surface area contributed by atoms with E-state index in [2.05, 4.69) is 120 Å². The molecule has 274 valence electrons. The van der Waals surface area contributed by atoms with Crippen LogP contribution < -0.4 is 0 Å². The lowest BCUT2D eigenvalue weighted by atomic mass is 9.91. The van der Waals surface area contributed by atoms with Crippen molar-refractivity contribution in [3.05, 3.63) is 35.9 Å². The van der Waals surface area contributed by atoms with Gasteiger partial charge in [0, 0.05) is 18.8 Å². The number of carbonyl (C=O) groups excluding carboxylic acids is 1. The van der Waals surface area contributed by atoms with Gasteiger partial charge in [-0.15, -0.1) is 0 Å². The third kappa shape index (κ3) is 13.2. The second-order valence-corrected chi connectivity index (χ2v) is 29.9. The highest BCUT2D eigenvalue weighted by molar-refractivity contribution is 6.75. The first kappa shape index (κ1) is 44.4. The van der Waals surface area contributed by atoms with Crippen molar-refractivity contribution in [1.29, 1.82) is 0 Å². The Hall–Kier alpha value is -0.619. The Morgan fingerprint density at radius 2 is 1.26 bits per heavy atom. The molecule has 0 radical (unpaired) electrons. The summed E-state index contributed by atoms with van der Waals surface area (Å²) in [7, 11) is -5.93. The molecule has 0 aromatic heterocycles. The van der Waals surface area contributed by atoms with Crippen LogP contribution in [0.4, 0.5) is 0 Å². The highest BCUT2D eigenvalue weighted by Gasteiger charge is 2.50. The van der Waals surface area contributed by atoms with Crippen LogP contribution in [-0.4, -0.2) is 49.2 Å². The quantitative estimate of drug-likeness (QED) is 0.0747. The van der Waals surface area contributed by atoms with E-state index >= 15 is 0 Å². The lowest BCUT2D eigenvalue weighted by Crippen LogP contribution is -2.58. The van der Waals surface area contributed by atoms with Crippen molar-refractivity contribution in [2.45, 2.75) is 188 Å². The molecule has 0 aliphatic rings. The minimum atomic E-state index is -2.13. The van der Waals surface area contributed by atoms with Gasteiger partial charge in [0.2, 0.25) is 0 Å². The average molecular weight is 709 g/mol. The fraction of sp³-hybridized carbons (Fsp3) is 0.821. The molecule has 5 nitrogen and oxygen atoms in total. The number of hydrogen-bond donors (Lipinski definition) is 0. The normalized spacial score (nSPS) is 16.5. The molecular formula is C39H76O5Si3. The average Bonchev–Trinajstić information content (AvgIpc) is 3.06. The van der Waals surface area contributed by atoms with Crippen LogP contribution in [0.1, 0.15) is 121 Å². The lowest BCUT2D eigenvalue weighted by molar-refractivity contribution is -0.173. The molecule has 8 heteroatoms. The lowest BCUT2D eigenvalue weighted by Gasteiger charge is -2.51. The summed E-state index contributed by atoms with van der Waals surface area (Å²) in [6, 6.07) is 16.9. The third-order valence-electron chi connectivity index (χ3n) is 11.9. The number of ketones is 1. The van der Waals surface area contributed by atoms with Crippen LogP contribution in [0.15, 0.2) is 30.3 Å². The molecule has 0 aliphatic heterocycles. The van der Waals surface area contributed by atoms with E-state index in [1.807, 2.05) is 6.07 Å². The Morgan fingerprint density at radius 3 is 1.72 bits per heavy atom. The van der Waals surface area contributed by atoms with Gasteiger partial charge >= 0.3 is 0 Å². The maximum absolute atomic E-state index is 13.5. The highest BCUT2D eigenvalue weighted by Crippen LogP contribution is 2.45. The SMILES string of the molecule is CC[C@@](O[Si](CC)(CC)CC)(O[Si](C)(C)C(C)(C)C)[C@@H](C)CCC(=O)CC[C@H](C)[C@H](COCc1ccccc1)O[Si](CC)(CC)CC. The summed E-state index contributed by atoms with van der Waals surface area (Å²) in [5, 5.41) is 0.0779. The summed E-state index contributed by atoms with van der Waals surface area (Å²) in [5.74, 6) is 0.0648. The van der Waals surface area contributed by atoms with Crippen LogP contribution in [0.25, 0.3) is 0 Å². The molecule has 0 unspecified atom stereocenters. The van der Waals surface area contributed by atoms with Gasteiger partial charge in [-0.1, -0.05) is 113 Å². The molecule has 0 aliphatic carbocycles. The van der Waals surface area contributed by atoms with Gasteiger partial charge < -0.3 is 18.0 Å². The molecule has 1 aromatic rings. The van der Waals surface area contributed by atoms with Crippen molar-refractivity contribution in [1.82, 2.24) is 0 Å². The van der Waals surface area contributed by atoms with Crippen LogP contribution in [-0.2, 0) is 29.4 Å². The number of ether oxygens (including phenoxy) is 1. The number of Topliss-reactive ketones (excluding diaryl/α,β-unsaturated/α-hetero) is 1. The Morgan fingerprint density at radius 1 is 0.745 bits per heavy atom. The number of hydrogen-bond acceptors (Lipinski definition) is 5. The van der Waals surface area contributed by atoms with Gasteiger partial charge in [0.05, 0.1) is 19.3 Å². The van der Waals surface area contributed by atoms with Crippen LogP contribution in [0, 0.1) is 11.8 Å². The second kappa shape index (κ2) is 20.3. The zero-order valence-corrected chi connectivity index (χ0v) is 36.4. The summed E-state index contributed by atoms with van der Waals surface area (Å²) in [6.45, 7) is 33.2. The van der Waals surface area contributed by atoms with Crippen LogP contribution in [0.5, 0.6) is 0 Å². The first-order chi connectivity index (χ1) is 22.0. The van der Waals surface area contributed by atoms with E-state index in [1.54, 1.807) is 0 Å². The van der Waals surface area contributed by atoms with E-state index in [-0.39, 0.29) is 23.0 Å². The van der Waals surface area contributed by atoms with Crippen molar-refractivity contribution in [3.8, 4) is 0 Å². The first-order valence-electron chi connectivity index (χ1n) is 19.2. The predicted octanol–water partition coefficient (Wildman–Crippen LogP) is 12.1. The molecule has 47 heavy (non-hydrogen) atoms. The molecule has 1 aromatic carbocycles. The summed E-state index contributed by atoms with van der Waals surface area (Å²) < 4.78 is 27.9. The minimum Gasteiger partial charge on any atom is -0.411 e. The molecule has 0 amide bonds. The zero-order chi connectivity index (χ0) is 35.9.